The second-order valence-electron chi connectivity index (χ2n) is 5.90. The highest BCUT2D eigenvalue weighted by Crippen LogP contribution is 2.29. The summed E-state index contributed by atoms with van der Waals surface area (Å²) in [7, 11) is 1.42. The Bertz CT molecular complexity index is 921. The van der Waals surface area contributed by atoms with Gasteiger partial charge in [0.1, 0.15) is 5.71 Å². The standard InChI is InChI=1S/C20H18N2O5/c1-13(23)14-8-10-17(18(12-14)26-2)27-20(25)16-9-11-19(24)22(21-16)15-6-4-3-5-7-15/h3-8,10,12H,9,11H2,1-2H3. The molecule has 0 saturated heterocycles. The largest absolute Gasteiger partial charge is 0.493 e. The van der Waals surface area contributed by atoms with Crippen LogP contribution in [0.3, 0.4) is 0 Å². The Balaban J connectivity index is 1.83. The van der Waals surface area contributed by atoms with Gasteiger partial charge in [0.2, 0.25) is 5.91 Å². The van der Waals surface area contributed by atoms with E-state index in [2.05, 4.69) is 5.10 Å². The summed E-state index contributed by atoms with van der Waals surface area (Å²) in [5.41, 5.74) is 1.16. The molecule has 0 N–H and O–H groups in total. The molecule has 0 unspecified atom stereocenters. The molecule has 2 aromatic carbocycles. The average molecular weight is 366 g/mol. The fourth-order valence-electron chi connectivity index (χ4n) is 2.60. The first-order valence-electron chi connectivity index (χ1n) is 8.36. The number of ether oxygens (including phenoxy) is 2. The number of methoxy groups -OCH3 is 1. The van der Waals surface area contributed by atoms with Gasteiger partial charge in [-0.3, -0.25) is 9.59 Å². The molecule has 138 valence electrons. The number of ketones is 1. The monoisotopic (exact) mass is 366 g/mol. The predicted octanol–water partition coefficient (Wildman–Crippen LogP) is 2.99. The molecule has 0 saturated carbocycles. The summed E-state index contributed by atoms with van der Waals surface area (Å²) in [5.74, 6) is -0.542. The molecule has 0 bridgehead atoms. The summed E-state index contributed by atoms with van der Waals surface area (Å²) in [6.07, 6.45) is 0.345. The van der Waals surface area contributed by atoms with Crippen molar-refractivity contribution in [3.05, 3.63) is 54.1 Å². The number of esters is 1. The topological polar surface area (TPSA) is 85.3 Å². The van der Waals surface area contributed by atoms with Gasteiger partial charge in [0.05, 0.1) is 12.8 Å². The lowest BCUT2D eigenvalue weighted by molar-refractivity contribution is -0.127. The third-order valence-corrected chi connectivity index (χ3v) is 4.04. The minimum atomic E-state index is -0.669. The number of hydrazone groups is 1. The van der Waals surface area contributed by atoms with Gasteiger partial charge in [0.25, 0.3) is 0 Å². The highest BCUT2D eigenvalue weighted by Gasteiger charge is 2.27. The van der Waals surface area contributed by atoms with Crippen LogP contribution in [0.4, 0.5) is 5.69 Å². The molecule has 1 aliphatic heterocycles. The number of benzene rings is 2. The third kappa shape index (κ3) is 4.03. The highest BCUT2D eigenvalue weighted by atomic mass is 16.6. The second-order valence-corrected chi connectivity index (χ2v) is 5.90. The Morgan fingerprint density at radius 3 is 2.44 bits per heavy atom. The number of hydrogen-bond donors (Lipinski definition) is 0. The van der Waals surface area contributed by atoms with E-state index in [4.69, 9.17) is 9.47 Å². The van der Waals surface area contributed by atoms with E-state index in [0.29, 0.717) is 11.3 Å². The van der Waals surface area contributed by atoms with E-state index in [1.807, 2.05) is 6.07 Å². The molecule has 0 aromatic heterocycles. The van der Waals surface area contributed by atoms with Crippen molar-refractivity contribution in [2.45, 2.75) is 19.8 Å². The maximum atomic E-state index is 12.5. The van der Waals surface area contributed by atoms with Gasteiger partial charge in [0, 0.05) is 18.4 Å². The molecule has 3 rings (SSSR count). The maximum absolute atomic E-state index is 12.5. The molecule has 0 radical (unpaired) electrons. The Hall–Kier alpha value is -3.48. The van der Waals surface area contributed by atoms with Crippen LogP contribution in [0.1, 0.15) is 30.1 Å². The van der Waals surface area contributed by atoms with Gasteiger partial charge in [-0.15, -0.1) is 0 Å². The van der Waals surface area contributed by atoms with Gasteiger partial charge in [-0.25, -0.2) is 9.80 Å². The molecule has 0 fully saturated rings. The zero-order chi connectivity index (χ0) is 19.4. The number of nitrogens with zero attached hydrogens (tertiary/aromatic N) is 2. The molecular weight excluding hydrogens is 348 g/mol. The molecule has 2 aromatic rings. The number of anilines is 1. The third-order valence-electron chi connectivity index (χ3n) is 4.04. The van der Waals surface area contributed by atoms with E-state index < -0.39 is 5.97 Å². The summed E-state index contributed by atoms with van der Waals surface area (Å²) in [4.78, 5) is 36.1. The van der Waals surface area contributed by atoms with E-state index in [1.165, 1.54) is 31.2 Å². The molecule has 0 atom stereocenters. The number of para-hydroxylation sites is 1. The molecular formula is C20H18N2O5. The van der Waals surface area contributed by atoms with E-state index in [0.717, 1.165) is 0 Å². The van der Waals surface area contributed by atoms with Crippen molar-refractivity contribution in [2.75, 3.05) is 12.1 Å². The first kappa shape index (κ1) is 18.3. The number of carbonyl (C=O) groups excluding carboxylic acids is 3. The van der Waals surface area contributed by atoms with Crippen molar-refractivity contribution in [3.8, 4) is 11.5 Å². The first-order valence-corrected chi connectivity index (χ1v) is 8.36. The zero-order valence-corrected chi connectivity index (χ0v) is 15.0. The molecule has 27 heavy (non-hydrogen) atoms. The van der Waals surface area contributed by atoms with E-state index in [9.17, 15) is 14.4 Å². The summed E-state index contributed by atoms with van der Waals surface area (Å²) in [6, 6.07) is 13.4. The van der Waals surface area contributed by atoms with E-state index in [1.54, 1.807) is 30.3 Å². The molecule has 0 aliphatic carbocycles. The van der Waals surface area contributed by atoms with E-state index in [-0.39, 0.29) is 41.7 Å². The fraction of sp³-hybridized carbons (Fsp3) is 0.200. The molecule has 1 amide bonds. The van der Waals surface area contributed by atoms with Crippen LogP contribution in [0.2, 0.25) is 0 Å². The van der Waals surface area contributed by atoms with Gasteiger partial charge >= 0.3 is 5.97 Å². The fourth-order valence-corrected chi connectivity index (χ4v) is 2.60. The molecule has 1 aliphatic rings. The predicted molar refractivity (Wildman–Crippen MR) is 99.2 cm³/mol. The van der Waals surface area contributed by atoms with Crippen LogP contribution in [-0.4, -0.2) is 30.5 Å². The van der Waals surface area contributed by atoms with Crippen LogP contribution >= 0.6 is 0 Å². The minimum absolute atomic E-state index is 0.125. The maximum Gasteiger partial charge on any atom is 0.360 e. The van der Waals surface area contributed by atoms with Crippen molar-refractivity contribution < 1.29 is 23.9 Å². The summed E-state index contributed by atoms with van der Waals surface area (Å²) < 4.78 is 10.6. The highest BCUT2D eigenvalue weighted by molar-refractivity contribution is 6.38. The summed E-state index contributed by atoms with van der Waals surface area (Å²) in [6.45, 7) is 1.44. The first-order chi connectivity index (χ1) is 13.0. The minimum Gasteiger partial charge on any atom is -0.493 e. The van der Waals surface area contributed by atoms with Crippen LogP contribution in [-0.2, 0) is 9.59 Å². The van der Waals surface area contributed by atoms with Crippen molar-refractivity contribution in [1.82, 2.24) is 0 Å². The Labute approximate surface area is 156 Å². The van der Waals surface area contributed by atoms with Gasteiger partial charge in [-0.05, 0) is 37.3 Å². The van der Waals surface area contributed by atoms with Crippen LogP contribution < -0.4 is 14.5 Å². The van der Waals surface area contributed by atoms with E-state index >= 15 is 0 Å². The number of hydrogen-bond acceptors (Lipinski definition) is 6. The van der Waals surface area contributed by atoms with Crippen LogP contribution in [0.5, 0.6) is 11.5 Å². The van der Waals surface area contributed by atoms with Gasteiger partial charge in [-0.1, -0.05) is 18.2 Å². The zero-order valence-electron chi connectivity index (χ0n) is 15.0. The molecule has 7 nitrogen and oxygen atoms in total. The Morgan fingerprint density at radius 1 is 1.04 bits per heavy atom. The quantitative estimate of drug-likeness (QED) is 0.461. The van der Waals surface area contributed by atoms with Crippen LogP contribution in [0.25, 0.3) is 0 Å². The van der Waals surface area contributed by atoms with Crippen molar-refractivity contribution in [3.63, 3.8) is 0 Å². The SMILES string of the molecule is COc1cc(C(C)=O)ccc1OC(=O)C1=NN(c2ccccc2)C(=O)CC1. The molecule has 0 spiro atoms. The van der Waals surface area contributed by atoms with Crippen LogP contribution in [0.15, 0.2) is 53.6 Å². The van der Waals surface area contributed by atoms with Gasteiger partial charge < -0.3 is 9.47 Å². The normalized spacial score (nSPS) is 13.8. The lowest BCUT2D eigenvalue weighted by Gasteiger charge is -2.22. The number of rotatable bonds is 5. The van der Waals surface area contributed by atoms with Gasteiger partial charge in [-0.2, -0.15) is 5.10 Å². The summed E-state index contributed by atoms with van der Waals surface area (Å²) in [5, 5.41) is 5.37. The number of carbonyl (C=O) groups is 3. The van der Waals surface area contributed by atoms with Crippen molar-refractivity contribution in [2.24, 2.45) is 5.10 Å². The van der Waals surface area contributed by atoms with Crippen LogP contribution in [0, 0.1) is 0 Å². The Kier molecular flexibility index (Phi) is 5.30. The Morgan fingerprint density at radius 2 is 1.78 bits per heavy atom. The smallest absolute Gasteiger partial charge is 0.360 e. The lowest BCUT2D eigenvalue weighted by Crippen LogP contribution is -2.35. The average Bonchev–Trinajstić information content (AvgIpc) is 2.69. The molecule has 7 heteroatoms. The second kappa shape index (κ2) is 7.82. The lowest BCUT2D eigenvalue weighted by atomic mass is 10.1. The molecule has 1 heterocycles. The summed E-state index contributed by atoms with van der Waals surface area (Å²) >= 11 is 0. The van der Waals surface area contributed by atoms with Crippen molar-refractivity contribution >= 4 is 29.1 Å². The number of amides is 1. The van der Waals surface area contributed by atoms with Gasteiger partial charge in [0.15, 0.2) is 17.3 Å². The van der Waals surface area contributed by atoms with Crippen molar-refractivity contribution in [1.29, 1.82) is 0 Å². The number of Topliss-reactive ketones (excluding diaryl/α,β-unsaturated/α-hetero) is 1.